The van der Waals surface area contributed by atoms with Gasteiger partial charge >= 0.3 is 0 Å². The van der Waals surface area contributed by atoms with Crippen molar-refractivity contribution < 1.29 is 14.3 Å². The summed E-state index contributed by atoms with van der Waals surface area (Å²) in [6, 6.07) is 11.9. The van der Waals surface area contributed by atoms with E-state index in [1.54, 1.807) is 6.92 Å². The second-order valence-corrected chi connectivity index (χ2v) is 6.41. The Morgan fingerprint density at radius 1 is 1.00 bits per heavy atom. The van der Waals surface area contributed by atoms with Crippen LogP contribution in [0.15, 0.2) is 36.4 Å². The van der Waals surface area contributed by atoms with Crippen LogP contribution < -0.4 is 14.8 Å². The van der Waals surface area contributed by atoms with Gasteiger partial charge in [-0.2, -0.15) is 0 Å². The first-order valence-electron chi connectivity index (χ1n) is 8.58. The highest BCUT2D eigenvalue weighted by Crippen LogP contribution is 2.20. The van der Waals surface area contributed by atoms with Crippen LogP contribution in [0.4, 0.5) is 0 Å². The summed E-state index contributed by atoms with van der Waals surface area (Å²) < 4.78 is 11.4. The molecule has 4 heteroatoms. The van der Waals surface area contributed by atoms with E-state index in [4.69, 9.17) is 9.47 Å². The molecule has 25 heavy (non-hydrogen) atoms. The van der Waals surface area contributed by atoms with Gasteiger partial charge in [0, 0.05) is 0 Å². The fraction of sp³-hybridized carbons (Fsp3) is 0.381. The van der Waals surface area contributed by atoms with Gasteiger partial charge in [-0.25, -0.2) is 0 Å². The standard InChI is InChI=1S/C21H27NO3/c1-14-6-7-16(3)20(12-14)25-18(5)21(23)22-10-11-24-19-9-8-15(2)17(4)13-19/h6-9,12-13,18H,10-11H2,1-5H3,(H,22,23)/t18-/m1/s1. The van der Waals surface area contributed by atoms with Gasteiger partial charge in [0.05, 0.1) is 6.54 Å². The van der Waals surface area contributed by atoms with Crippen LogP contribution in [0.25, 0.3) is 0 Å². The van der Waals surface area contributed by atoms with E-state index >= 15 is 0 Å². The molecule has 0 aliphatic rings. The zero-order chi connectivity index (χ0) is 18.4. The van der Waals surface area contributed by atoms with Crippen LogP contribution >= 0.6 is 0 Å². The third-order valence-electron chi connectivity index (χ3n) is 4.17. The molecule has 0 heterocycles. The number of nitrogens with one attached hydrogen (secondary N) is 1. The van der Waals surface area contributed by atoms with E-state index in [0.717, 1.165) is 22.6 Å². The first-order chi connectivity index (χ1) is 11.9. The molecule has 0 fully saturated rings. The second kappa shape index (κ2) is 8.56. The van der Waals surface area contributed by atoms with Gasteiger partial charge in [0.15, 0.2) is 6.10 Å². The van der Waals surface area contributed by atoms with Gasteiger partial charge in [-0.15, -0.1) is 0 Å². The van der Waals surface area contributed by atoms with E-state index in [0.29, 0.717) is 13.2 Å². The van der Waals surface area contributed by atoms with Crippen molar-refractivity contribution in [1.29, 1.82) is 0 Å². The first kappa shape index (κ1) is 18.8. The van der Waals surface area contributed by atoms with E-state index in [9.17, 15) is 4.79 Å². The molecule has 134 valence electrons. The summed E-state index contributed by atoms with van der Waals surface area (Å²) in [5.41, 5.74) is 4.55. The highest BCUT2D eigenvalue weighted by molar-refractivity contribution is 5.80. The van der Waals surface area contributed by atoms with Gasteiger partial charge in [-0.05, 0) is 75.1 Å². The summed E-state index contributed by atoms with van der Waals surface area (Å²) in [5.74, 6) is 1.41. The number of amides is 1. The van der Waals surface area contributed by atoms with Crippen LogP contribution in [0, 0.1) is 27.7 Å². The van der Waals surface area contributed by atoms with Crippen LogP contribution in [-0.4, -0.2) is 25.2 Å². The molecule has 0 spiro atoms. The number of rotatable bonds is 7. The van der Waals surface area contributed by atoms with Crippen LogP contribution in [-0.2, 0) is 4.79 Å². The lowest BCUT2D eigenvalue weighted by Gasteiger charge is -2.17. The van der Waals surface area contributed by atoms with Crippen LogP contribution in [0.1, 0.15) is 29.2 Å². The van der Waals surface area contributed by atoms with Gasteiger partial charge < -0.3 is 14.8 Å². The molecule has 0 saturated heterocycles. The fourth-order valence-corrected chi connectivity index (χ4v) is 2.37. The van der Waals surface area contributed by atoms with Crippen molar-refractivity contribution in [3.63, 3.8) is 0 Å². The number of benzene rings is 2. The van der Waals surface area contributed by atoms with Gasteiger partial charge in [-0.3, -0.25) is 4.79 Å². The molecular formula is C21H27NO3. The van der Waals surface area contributed by atoms with E-state index < -0.39 is 6.10 Å². The molecule has 2 rings (SSSR count). The molecule has 4 nitrogen and oxygen atoms in total. The number of hydrogen-bond donors (Lipinski definition) is 1. The maximum atomic E-state index is 12.2. The minimum atomic E-state index is -0.554. The summed E-state index contributed by atoms with van der Waals surface area (Å²) in [5, 5.41) is 2.84. The van der Waals surface area contributed by atoms with Crippen LogP contribution in [0.5, 0.6) is 11.5 Å². The maximum absolute atomic E-state index is 12.2. The largest absolute Gasteiger partial charge is 0.492 e. The summed E-state index contributed by atoms with van der Waals surface area (Å²) in [6.45, 7) is 10.7. The molecule has 1 N–H and O–H groups in total. The van der Waals surface area contributed by atoms with E-state index in [-0.39, 0.29) is 5.91 Å². The number of aryl methyl sites for hydroxylation is 4. The molecule has 0 aliphatic heterocycles. The summed E-state index contributed by atoms with van der Waals surface area (Å²) in [6.07, 6.45) is -0.554. The molecule has 0 aromatic heterocycles. The molecule has 2 aromatic rings. The Hall–Kier alpha value is -2.49. The third kappa shape index (κ3) is 5.52. The van der Waals surface area contributed by atoms with Crippen molar-refractivity contribution in [2.24, 2.45) is 0 Å². The highest BCUT2D eigenvalue weighted by atomic mass is 16.5. The minimum absolute atomic E-state index is 0.149. The molecule has 0 radical (unpaired) electrons. The normalized spacial score (nSPS) is 11.7. The predicted octanol–water partition coefficient (Wildman–Crippen LogP) is 3.88. The molecule has 0 saturated carbocycles. The molecule has 2 aromatic carbocycles. The quantitative estimate of drug-likeness (QED) is 0.778. The first-order valence-corrected chi connectivity index (χ1v) is 8.58. The minimum Gasteiger partial charge on any atom is -0.492 e. The van der Waals surface area contributed by atoms with Crippen LogP contribution in [0.3, 0.4) is 0 Å². The van der Waals surface area contributed by atoms with Gasteiger partial charge in [0.25, 0.3) is 5.91 Å². The summed E-state index contributed by atoms with van der Waals surface area (Å²) in [7, 11) is 0. The SMILES string of the molecule is Cc1ccc(C)c(O[C@H](C)C(=O)NCCOc2ccc(C)c(C)c2)c1. The molecule has 0 unspecified atom stereocenters. The second-order valence-electron chi connectivity index (χ2n) is 6.41. The smallest absolute Gasteiger partial charge is 0.260 e. The zero-order valence-electron chi connectivity index (χ0n) is 15.7. The van der Waals surface area contributed by atoms with Crippen molar-refractivity contribution >= 4 is 5.91 Å². The van der Waals surface area contributed by atoms with Crippen LogP contribution in [0.2, 0.25) is 0 Å². The number of ether oxygens (including phenoxy) is 2. The number of hydrogen-bond acceptors (Lipinski definition) is 3. The van der Waals surface area contributed by atoms with Crippen molar-refractivity contribution in [2.45, 2.75) is 40.7 Å². The molecule has 1 amide bonds. The lowest BCUT2D eigenvalue weighted by Crippen LogP contribution is -2.38. The lowest BCUT2D eigenvalue weighted by atomic mass is 10.1. The monoisotopic (exact) mass is 341 g/mol. The van der Waals surface area contributed by atoms with E-state index in [1.807, 2.05) is 50.2 Å². The Kier molecular flexibility index (Phi) is 6.45. The van der Waals surface area contributed by atoms with E-state index in [2.05, 4.69) is 19.2 Å². The Morgan fingerprint density at radius 2 is 1.72 bits per heavy atom. The number of carbonyl (C=O) groups is 1. The molecular weight excluding hydrogens is 314 g/mol. The maximum Gasteiger partial charge on any atom is 0.260 e. The van der Waals surface area contributed by atoms with Crippen molar-refractivity contribution in [3.05, 3.63) is 58.7 Å². The van der Waals surface area contributed by atoms with Crippen molar-refractivity contribution in [1.82, 2.24) is 5.32 Å². The topological polar surface area (TPSA) is 47.6 Å². The number of carbonyl (C=O) groups excluding carboxylic acids is 1. The highest BCUT2D eigenvalue weighted by Gasteiger charge is 2.15. The Bertz CT molecular complexity index is 740. The van der Waals surface area contributed by atoms with E-state index in [1.165, 1.54) is 11.1 Å². The molecule has 0 aliphatic carbocycles. The summed E-state index contributed by atoms with van der Waals surface area (Å²) in [4.78, 5) is 12.2. The molecule has 1 atom stereocenters. The third-order valence-corrected chi connectivity index (χ3v) is 4.17. The van der Waals surface area contributed by atoms with Gasteiger partial charge in [0.1, 0.15) is 18.1 Å². The Labute approximate surface area is 150 Å². The average Bonchev–Trinajstić information content (AvgIpc) is 2.57. The van der Waals surface area contributed by atoms with Crippen molar-refractivity contribution in [3.8, 4) is 11.5 Å². The Morgan fingerprint density at radius 3 is 2.44 bits per heavy atom. The van der Waals surface area contributed by atoms with Crippen molar-refractivity contribution in [2.75, 3.05) is 13.2 Å². The Balaban J connectivity index is 1.77. The van der Waals surface area contributed by atoms with Gasteiger partial charge in [0.2, 0.25) is 0 Å². The summed E-state index contributed by atoms with van der Waals surface area (Å²) >= 11 is 0. The van der Waals surface area contributed by atoms with Gasteiger partial charge in [-0.1, -0.05) is 18.2 Å². The lowest BCUT2D eigenvalue weighted by molar-refractivity contribution is -0.127. The predicted molar refractivity (Wildman–Crippen MR) is 100 cm³/mol. The molecule has 0 bridgehead atoms. The fourth-order valence-electron chi connectivity index (χ4n) is 2.37. The average molecular weight is 341 g/mol. The zero-order valence-corrected chi connectivity index (χ0v) is 15.7.